The van der Waals surface area contributed by atoms with E-state index in [1.165, 1.54) is 10.9 Å². The highest BCUT2D eigenvalue weighted by Gasteiger charge is 2.21. The molecule has 0 unspecified atom stereocenters. The zero-order chi connectivity index (χ0) is 18.6. The summed E-state index contributed by atoms with van der Waals surface area (Å²) in [7, 11) is 0. The van der Waals surface area contributed by atoms with Crippen molar-refractivity contribution in [2.45, 2.75) is 52.1 Å². The summed E-state index contributed by atoms with van der Waals surface area (Å²) in [6, 6.07) is 5.43. The van der Waals surface area contributed by atoms with E-state index in [0.29, 0.717) is 17.3 Å². The van der Waals surface area contributed by atoms with Crippen molar-refractivity contribution < 1.29 is 14.7 Å². The molecule has 7 nitrogen and oxygen atoms in total. The largest absolute Gasteiger partial charge is 0.481 e. The van der Waals surface area contributed by atoms with Gasteiger partial charge in [-0.15, -0.1) is 0 Å². The Morgan fingerprint density at radius 1 is 1.28 bits per heavy atom. The quantitative estimate of drug-likeness (QED) is 0.797. The van der Waals surface area contributed by atoms with E-state index < -0.39 is 11.5 Å². The van der Waals surface area contributed by atoms with E-state index in [2.05, 4.69) is 10.3 Å². The van der Waals surface area contributed by atoms with Crippen molar-refractivity contribution in [3.05, 3.63) is 40.4 Å². The molecule has 1 aromatic carbocycles. The van der Waals surface area contributed by atoms with Crippen LogP contribution >= 0.6 is 0 Å². The summed E-state index contributed by atoms with van der Waals surface area (Å²) in [6.07, 6.45) is 1.90. The third-order valence-corrected chi connectivity index (χ3v) is 4.08. The van der Waals surface area contributed by atoms with Crippen molar-refractivity contribution in [1.82, 2.24) is 14.9 Å². The molecule has 2 rings (SSSR count). The van der Waals surface area contributed by atoms with Gasteiger partial charge in [-0.05, 0) is 38.8 Å². The Labute approximate surface area is 145 Å². The molecule has 1 aromatic heterocycles. The number of nitrogens with zero attached hydrogens (tertiary/aromatic N) is 2. The van der Waals surface area contributed by atoms with Crippen LogP contribution < -0.4 is 10.9 Å². The number of carboxylic acid groups (broad SMARTS) is 1. The number of hydrogen-bond acceptors (Lipinski definition) is 4. The van der Waals surface area contributed by atoms with Gasteiger partial charge in [0.1, 0.15) is 0 Å². The van der Waals surface area contributed by atoms with Crippen LogP contribution in [0.1, 0.15) is 38.7 Å². The molecule has 0 fully saturated rings. The molecule has 2 N–H and O–H groups in total. The Hall–Kier alpha value is -2.70. The number of rotatable bonds is 7. The summed E-state index contributed by atoms with van der Waals surface area (Å²) in [4.78, 5) is 39.6. The van der Waals surface area contributed by atoms with Gasteiger partial charge in [0.2, 0.25) is 5.91 Å². The van der Waals surface area contributed by atoms with Gasteiger partial charge in [0, 0.05) is 24.9 Å². The second-order valence-corrected chi connectivity index (χ2v) is 6.79. The van der Waals surface area contributed by atoms with Gasteiger partial charge < -0.3 is 10.4 Å². The molecule has 0 bridgehead atoms. The minimum Gasteiger partial charge on any atom is -0.481 e. The molecular formula is C18H23N3O4. The normalized spacial score (nSPS) is 11.5. The minimum atomic E-state index is -0.897. The molecule has 0 saturated carbocycles. The van der Waals surface area contributed by atoms with Crippen molar-refractivity contribution in [1.29, 1.82) is 0 Å². The van der Waals surface area contributed by atoms with Crippen LogP contribution in [0.2, 0.25) is 0 Å². The molecule has 0 radical (unpaired) electrons. The maximum atomic E-state index is 12.5. The molecule has 0 aliphatic heterocycles. The number of amides is 1. The zero-order valence-electron chi connectivity index (χ0n) is 14.7. The number of carbonyl (C=O) groups is 2. The molecule has 0 aliphatic rings. The highest BCUT2D eigenvalue weighted by atomic mass is 16.4. The van der Waals surface area contributed by atoms with E-state index in [1.807, 2.05) is 19.1 Å². The number of hydrogen-bond donors (Lipinski definition) is 2. The van der Waals surface area contributed by atoms with Crippen LogP contribution in [0.25, 0.3) is 10.9 Å². The van der Waals surface area contributed by atoms with Crippen LogP contribution in [0, 0.1) is 6.92 Å². The van der Waals surface area contributed by atoms with E-state index in [9.17, 15) is 14.4 Å². The van der Waals surface area contributed by atoms with Gasteiger partial charge in [-0.3, -0.25) is 19.0 Å². The van der Waals surface area contributed by atoms with E-state index >= 15 is 0 Å². The van der Waals surface area contributed by atoms with Gasteiger partial charge in [0.05, 0.1) is 17.2 Å². The summed E-state index contributed by atoms with van der Waals surface area (Å²) in [5.74, 6) is -1.13. The van der Waals surface area contributed by atoms with Gasteiger partial charge in [0.25, 0.3) is 5.56 Å². The third kappa shape index (κ3) is 4.89. The Balaban J connectivity index is 2.03. The fraction of sp³-hybridized carbons (Fsp3) is 0.444. The lowest BCUT2D eigenvalue weighted by Gasteiger charge is -2.25. The standard InChI is InChI=1S/C18H23N3O4/c1-12-5-4-6-13-16(12)19-11-21(17(13)25)10-8-14(22)20-18(2,3)9-7-15(23)24/h4-6,11H,7-10H2,1-3H3,(H,20,22)(H,23,24). The molecule has 0 atom stereocenters. The number of carbonyl (C=O) groups excluding carboxylic acids is 1. The predicted octanol–water partition coefficient (Wildman–Crippen LogP) is 1.85. The third-order valence-electron chi connectivity index (χ3n) is 4.08. The first kappa shape index (κ1) is 18.6. The first-order chi connectivity index (χ1) is 11.7. The lowest BCUT2D eigenvalue weighted by atomic mass is 9.98. The summed E-state index contributed by atoms with van der Waals surface area (Å²) in [5.41, 5.74) is 0.813. The Morgan fingerprint density at radius 2 is 2.00 bits per heavy atom. The second-order valence-electron chi connectivity index (χ2n) is 6.79. The highest BCUT2D eigenvalue weighted by Crippen LogP contribution is 2.13. The number of benzene rings is 1. The highest BCUT2D eigenvalue weighted by molar-refractivity contribution is 5.80. The summed E-state index contributed by atoms with van der Waals surface area (Å²) in [5, 5.41) is 12.1. The van der Waals surface area contributed by atoms with Crippen LogP contribution in [0.5, 0.6) is 0 Å². The number of fused-ring (bicyclic) bond motifs is 1. The minimum absolute atomic E-state index is 0.0132. The number of aromatic nitrogens is 2. The maximum absolute atomic E-state index is 12.5. The zero-order valence-corrected chi connectivity index (χ0v) is 14.7. The molecule has 2 aromatic rings. The number of para-hydroxylation sites is 1. The number of nitrogens with one attached hydrogen (secondary N) is 1. The fourth-order valence-corrected chi connectivity index (χ4v) is 2.64. The molecule has 0 saturated heterocycles. The van der Waals surface area contributed by atoms with E-state index in [-0.39, 0.29) is 30.9 Å². The van der Waals surface area contributed by atoms with Gasteiger partial charge in [-0.2, -0.15) is 0 Å². The van der Waals surface area contributed by atoms with Crippen molar-refractivity contribution in [2.24, 2.45) is 0 Å². The smallest absolute Gasteiger partial charge is 0.303 e. The fourth-order valence-electron chi connectivity index (χ4n) is 2.64. The molecular weight excluding hydrogens is 322 g/mol. The first-order valence-electron chi connectivity index (χ1n) is 8.17. The van der Waals surface area contributed by atoms with E-state index in [1.54, 1.807) is 19.9 Å². The number of aliphatic carboxylic acids is 1. The summed E-state index contributed by atoms with van der Waals surface area (Å²) in [6.45, 7) is 5.67. The molecule has 7 heteroatoms. The first-order valence-corrected chi connectivity index (χ1v) is 8.17. The SMILES string of the molecule is Cc1cccc2c(=O)n(CCC(=O)NC(C)(C)CCC(=O)O)cnc12. The number of aryl methyl sites for hydroxylation is 2. The number of carboxylic acids is 1. The predicted molar refractivity (Wildman–Crippen MR) is 94.4 cm³/mol. The van der Waals surface area contributed by atoms with Gasteiger partial charge in [-0.1, -0.05) is 12.1 Å². The lowest BCUT2D eigenvalue weighted by molar-refractivity contribution is -0.137. The monoisotopic (exact) mass is 345 g/mol. The molecule has 0 aliphatic carbocycles. The van der Waals surface area contributed by atoms with Gasteiger partial charge >= 0.3 is 5.97 Å². The van der Waals surface area contributed by atoms with Crippen LogP contribution in [-0.2, 0) is 16.1 Å². The van der Waals surface area contributed by atoms with Crippen molar-refractivity contribution >= 4 is 22.8 Å². The van der Waals surface area contributed by atoms with Crippen LogP contribution in [0.15, 0.2) is 29.3 Å². The molecule has 0 spiro atoms. The second kappa shape index (κ2) is 7.46. The van der Waals surface area contributed by atoms with Crippen LogP contribution in [0.4, 0.5) is 0 Å². The summed E-state index contributed by atoms with van der Waals surface area (Å²) < 4.78 is 1.42. The summed E-state index contributed by atoms with van der Waals surface area (Å²) >= 11 is 0. The van der Waals surface area contributed by atoms with Gasteiger partial charge in [-0.25, -0.2) is 4.98 Å². The molecule has 134 valence electrons. The van der Waals surface area contributed by atoms with E-state index in [0.717, 1.165) is 5.56 Å². The average Bonchev–Trinajstić information content (AvgIpc) is 2.53. The van der Waals surface area contributed by atoms with Crippen molar-refractivity contribution in [3.63, 3.8) is 0 Å². The lowest BCUT2D eigenvalue weighted by Crippen LogP contribution is -2.44. The van der Waals surface area contributed by atoms with Crippen LogP contribution in [-0.4, -0.2) is 32.1 Å². The topological polar surface area (TPSA) is 101 Å². The van der Waals surface area contributed by atoms with E-state index in [4.69, 9.17) is 5.11 Å². The van der Waals surface area contributed by atoms with Gasteiger partial charge in [0.15, 0.2) is 0 Å². The molecule has 25 heavy (non-hydrogen) atoms. The molecule has 1 amide bonds. The molecule has 1 heterocycles. The van der Waals surface area contributed by atoms with Crippen molar-refractivity contribution in [2.75, 3.05) is 0 Å². The average molecular weight is 345 g/mol. The van der Waals surface area contributed by atoms with Crippen molar-refractivity contribution in [3.8, 4) is 0 Å². The Bertz CT molecular complexity index is 855. The maximum Gasteiger partial charge on any atom is 0.303 e. The van der Waals surface area contributed by atoms with Crippen LogP contribution in [0.3, 0.4) is 0 Å². The Morgan fingerprint density at radius 3 is 2.68 bits per heavy atom. The Kier molecular flexibility index (Phi) is 5.56.